The van der Waals surface area contributed by atoms with Crippen molar-refractivity contribution in [3.05, 3.63) is 101 Å². The average Bonchev–Trinajstić information content (AvgIpc) is 2.70. The molecular formula is C23H22ClN2O2+. The fourth-order valence-electron chi connectivity index (χ4n) is 3.00. The maximum absolute atomic E-state index is 13.0. The van der Waals surface area contributed by atoms with Crippen LogP contribution in [0.4, 0.5) is 5.69 Å². The number of carbonyl (C=O) groups excluding carboxylic acids is 2. The summed E-state index contributed by atoms with van der Waals surface area (Å²) in [5.74, 6) is -0.194. The van der Waals surface area contributed by atoms with Gasteiger partial charge in [0.05, 0.1) is 0 Å². The van der Waals surface area contributed by atoms with Crippen LogP contribution in [0.1, 0.15) is 34.5 Å². The summed E-state index contributed by atoms with van der Waals surface area (Å²) in [6, 6.07) is 23.7. The van der Waals surface area contributed by atoms with Gasteiger partial charge in [0.25, 0.3) is 5.91 Å². The van der Waals surface area contributed by atoms with Gasteiger partial charge in [-0.2, -0.15) is 0 Å². The highest BCUT2D eigenvalue weighted by atomic mass is 35.5. The Kier molecular flexibility index (Phi) is 6.58. The Morgan fingerprint density at radius 3 is 2.39 bits per heavy atom. The molecular weight excluding hydrogens is 372 g/mol. The number of halogens is 1. The molecule has 3 rings (SSSR count). The van der Waals surface area contributed by atoms with Crippen molar-refractivity contribution < 1.29 is 14.9 Å². The third kappa shape index (κ3) is 5.06. The first-order valence-corrected chi connectivity index (χ1v) is 9.46. The Morgan fingerprint density at radius 2 is 1.68 bits per heavy atom. The van der Waals surface area contributed by atoms with E-state index in [-0.39, 0.29) is 11.7 Å². The molecule has 0 aliphatic rings. The van der Waals surface area contributed by atoms with Gasteiger partial charge < -0.3 is 10.6 Å². The second kappa shape index (κ2) is 9.31. The summed E-state index contributed by atoms with van der Waals surface area (Å²) in [6.07, 6.45) is 0. The highest BCUT2D eigenvalue weighted by molar-refractivity contribution is 6.31. The van der Waals surface area contributed by atoms with Gasteiger partial charge in [0.1, 0.15) is 6.54 Å². The molecule has 0 heterocycles. The highest BCUT2D eigenvalue weighted by Crippen LogP contribution is 2.17. The number of ketones is 1. The normalized spacial score (nSPS) is 11.6. The number of quaternary nitrogens is 1. The minimum atomic E-state index is -0.446. The first kappa shape index (κ1) is 19.8. The van der Waals surface area contributed by atoms with E-state index in [2.05, 4.69) is 5.32 Å². The third-order valence-corrected chi connectivity index (χ3v) is 4.88. The van der Waals surface area contributed by atoms with Crippen molar-refractivity contribution in [2.45, 2.75) is 19.5 Å². The van der Waals surface area contributed by atoms with Crippen LogP contribution in [0.5, 0.6) is 0 Å². The molecule has 4 nitrogen and oxygen atoms in total. The van der Waals surface area contributed by atoms with Crippen molar-refractivity contribution in [1.82, 2.24) is 0 Å². The molecule has 0 saturated heterocycles. The van der Waals surface area contributed by atoms with Gasteiger partial charge in [0.15, 0.2) is 11.8 Å². The maximum Gasteiger partial charge on any atom is 0.287 e. The number of nitrogens with one attached hydrogen (secondary N) is 1. The van der Waals surface area contributed by atoms with Crippen molar-refractivity contribution in [3.8, 4) is 0 Å². The van der Waals surface area contributed by atoms with Crippen LogP contribution in [-0.2, 0) is 11.3 Å². The van der Waals surface area contributed by atoms with E-state index in [4.69, 9.17) is 11.6 Å². The van der Waals surface area contributed by atoms with Crippen LogP contribution >= 0.6 is 11.6 Å². The van der Waals surface area contributed by atoms with E-state index in [0.29, 0.717) is 22.8 Å². The van der Waals surface area contributed by atoms with Crippen molar-refractivity contribution in [2.24, 2.45) is 0 Å². The van der Waals surface area contributed by atoms with Gasteiger partial charge in [-0.15, -0.1) is 0 Å². The van der Waals surface area contributed by atoms with Gasteiger partial charge >= 0.3 is 0 Å². The monoisotopic (exact) mass is 393 g/mol. The summed E-state index contributed by atoms with van der Waals surface area (Å²) in [7, 11) is 0. The second-order valence-electron chi connectivity index (χ2n) is 6.55. The number of anilines is 1. The largest absolute Gasteiger partial charge is 0.328 e. The van der Waals surface area contributed by atoms with Crippen molar-refractivity contribution in [3.63, 3.8) is 0 Å². The number of benzene rings is 3. The lowest BCUT2D eigenvalue weighted by molar-refractivity contribution is -0.697. The van der Waals surface area contributed by atoms with Gasteiger partial charge in [-0.05, 0) is 25.1 Å². The number of carbonyl (C=O) groups is 2. The van der Waals surface area contributed by atoms with E-state index >= 15 is 0 Å². The highest BCUT2D eigenvalue weighted by Gasteiger charge is 2.24. The Balaban J connectivity index is 1.80. The van der Waals surface area contributed by atoms with Gasteiger partial charge in [-0.25, -0.2) is 0 Å². The van der Waals surface area contributed by atoms with Gasteiger partial charge in [-0.3, -0.25) is 9.59 Å². The molecule has 0 aliphatic heterocycles. The topological polar surface area (TPSA) is 62.8 Å². The van der Waals surface area contributed by atoms with Crippen LogP contribution in [0.25, 0.3) is 0 Å². The fraction of sp³-hybridized carbons (Fsp3) is 0.130. The van der Waals surface area contributed by atoms with Crippen molar-refractivity contribution >= 4 is 29.0 Å². The first-order valence-electron chi connectivity index (χ1n) is 9.08. The van der Waals surface area contributed by atoms with Crippen molar-refractivity contribution in [2.75, 3.05) is 5.32 Å². The van der Waals surface area contributed by atoms with Crippen LogP contribution in [0.2, 0.25) is 5.02 Å². The zero-order valence-electron chi connectivity index (χ0n) is 15.6. The minimum Gasteiger partial charge on any atom is -0.328 e. The summed E-state index contributed by atoms with van der Waals surface area (Å²) < 4.78 is 0. The molecule has 28 heavy (non-hydrogen) atoms. The minimum absolute atomic E-state index is 0.0407. The molecule has 3 N–H and O–H groups in total. The van der Waals surface area contributed by atoms with Crippen LogP contribution in [0.3, 0.4) is 0 Å². The Morgan fingerprint density at radius 1 is 0.964 bits per heavy atom. The Hall–Kier alpha value is -2.95. The summed E-state index contributed by atoms with van der Waals surface area (Å²) in [4.78, 5) is 24.6. The molecule has 0 spiro atoms. The van der Waals surface area contributed by atoms with E-state index < -0.39 is 6.04 Å². The molecule has 0 radical (unpaired) electrons. The molecule has 0 unspecified atom stereocenters. The quantitative estimate of drug-likeness (QED) is 0.596. The lowest BCUT2D eigenvalue weighted by atomic mass is 10.0. The van der Waals surface area contributed by atoms with Crippen LogP contribution in [-0.4, -0.2) is 11.7 Å². The molecule has 0 bridgehead atoms. The number of nitrogens with two attached hydrogens (primary N) is 1. The predicted molar refractivity (Wildman–Crippen MR) is 111 cm³/mol. The number of amides is 1. The zero-order valence-corrected chi connectivity index (χ0v) is 16.3. The van der Waals surface area contributed by atoms with Crippen molar-refractivity contribution in [1.29, 1.82) is 0 Å². The van der Waals surface area contributed by atoms with E-state index in [1.165, 1.54) is 6.92 Å². The smallest absolute Gasteiger partial charge is 0.287 e. The number of rotatable bonds is 7. The van der Waals surface area contributed by atoms with Gasteiger partial charge in [-0.1, -0.05) is 72.3 Å². The molecule has 1 amide bonds. The second-order valence-corrected chi connectivity index (χ2v) is 6.95. The molecule has 0 fully saturated rings. The molecule has 142 valence electrons. The van der Waals surface area contributed by atoms with Crippen LogP contribution in [0.15, 0.2) is 78.9 Å². The zero-order chi connectivity index (χ0) is 19.9. The Labute approximate surface area is 169 Å². The summed E-state index contributed by atoms with van der Waals surface area (Å²) >= 11 is 6.26. The van der Waals surface area contributed by atoms with E-state index in [9.17, 15) is 9.59 Å². The lowest BCUT2D eigenvalue weighted by Gasteiger charge is -2.17. The standard InChI is InChI=1S/C23H21ClN2O2/c1-16(27)18-11-7-12-20(14-18)26-23(28)22(17-8-3-2-4-9-17)25-15-19-10-5-6-13-21(19)24/h2-14,22,25H,15H2,1H3,(H,26,28)/p+1/t22-/m0/s1. The third-order valence-electron chi connectivity index (χ3n) is 4.51. The SMILES string of the molecule is CC(=O)c1cccc(NC(=O)[C@@H]([NH2+]Cc2ccccc2Cl)c2ccccc2)c1. The molecule has 1 atom stereocenters. The fourth-order valence-corrected chi connectivity index (χ4v) is 3.21. The van der Waals surface area contributed by atoms with E-state index in [1.54, 1.807) is 24.3 Å². The predicted octanol–water partition coefficient (Wildman–Crippen LogP) is 3.99. The lowest BCUT2D eigenvalue weighted by Crippen LogP contribution is -2.85. The number of hydrogen-bond acceptors (Lipinski definition) is 2. The summed E-state index contributed by atoms with van der Waals surface area (Å²) in [5.41, 5.74) is 3.03. The summed E-state index contributed by atoms with van der Waals surface area (Å²) in [6.45, 7) is 2.07. The average molecular weight is 394 g/mol. The van der Waals surface area contributed by atoms with Gasteiger partial charge in [0, 0.05) is 27.4 Å². The maximum atomic E-state index is 13.0. The summed E-state index contributed by atoms with van der Waals surface area (Å²) in [5, 5.41) is 5.57. The molecule has 5 heteroatoms. The molecule has 0 aliphatic carbocycles. The van der Waals surface area contributed by atoms with E-state index in [1.807, 2.05) is 59.9 Å². The molecule has 3 aromatic rings. The van der Waals surface area contributed by atoms with Crippen LogP contribution < -0.4 is 10.6 Å². The first-order chi connectivity index (χ1) is 13.5. The number of hydrogen-bond donors (Lipinski definition) is 2. The number of Topliss-reactive ketones (excluding diaryl/α,β-unsaturated/α-hetero) is 1. The van der Waals surface area contributed by atoms with E-state index in [0.717, 1.165) is 11.1 Å². The van der Waals surface area contributed by atoms with Crippen LogP contribution in [0, 0.1) is 0 Å². The Bertz CT molecular complexity index is 973. The molecule has 0 aromatic heterocycles. The molecule has 3 aromatic carbocycles. The molecule has 0 saturated carbocycles. The van der Waals surface area contributed by atoms with Gasteiger partial charge in [0.2, 0.25) is 0 Å².